The van der Waals surface area contributed by atoms with Gasteiger partial charge in [0.05, 0.1) is 12.1 Å². The Morgan fingerprint density at radius 1 is 0.884 bits per heavy atom. The maximum Gasteiger partial charge on any atom is 0.253 e. The van der Waals surface area contributed by atoms with Gasteiger partial charge in [0.25, 0.3) is 11.8 Å². The highest BCUT2D eigenvalue weighted by atomic mass is 19.1. The predicted octanol–water partition coefficient (Wildman–Crippen LogP) is 5.09. The third-order valence-electron chi connectivity index (χ3n) is 7.13. The highest BCUT2D eigenvalue weighted by molar-refractivity contribution is 6.00. The Hall–Kier alpha value is -3.82. The molecule has 0 saturated heterocycles. The van der Waals surface area contributed by atoms with Gasteiger partial charge in [-0.15, -0.1) is 0 Å². The molecule has 3 aromatic rings. The fraction of sp³-hybridized carbons (Fsp3) is 0.412. The number of aliphatic hydroxyl groups is 1. The van der Waals surface area contributed by atoms with E-state index in [1.54, 1.807) is 23.1 Å². The fourth-order valence-electron chi connectivity index (χ4n) is 5.04. The minimum atomic E-state index is -1.08. The van der Waals surface area contributed by atoms with Gasteiger partial charge in [0, 0.05) is 63.2 Å². The van der Waals surface area contributed by atoms with Gasteiger partial charge < -0.3 is 25.5 Å². The number of aliphatic hydroxyl groups excluding tert-OH is 1. The summed E-state index contributed by atoms with van der Waals surface area (Å²) in [4.78, 5) is 30.5. The van der Waals surface area contributed by atoms with Crippen molar-refractivity contribution < 1.29 is 23.5 Å². The second-order valence-electron chi connectivity index (χ2n) is 11.2. The van der Waals surface area contributed by atoms with Crippen LogP contribution in [0.3, 0.4) is 0 Å². The molecule has 0 heterocycles. The van der Waals surface area contributed by atoms with E-state index >= 15 is 0 Å². The molecule has 7 nitrogen and oxygen atoms in total. The SMILES string of the molecule is CCCN(CCC)C(=O)c1cc(C)cc(C(=O)N[C@@H](Cc2cc(F)cc(F)c2)[C@H](O)CNCc2cccc(N(C)C)c2)c1. The molecule has 232 valence electrons. The number of rotatable bonds is 15. The molecule has 3 aromatic carbocycles. The van der Waals surface area contributed by atoms with E-state index in [1.165, 1.54) is 12.1 Å². The first-order valence-electron chi connectivity index (χ1n) is 14.8. The van der Waals surface area contributed by atoms with Gasteiger partial charge in [-0.3, -0.25) is 9.59 Å². The third kappa shape index (κ3) is 10.1. The van der Waals surface area contributed by atoms with E-state index in [2.05, 4.69) is 10.6 Å². The summed E-state index contributed by atoms with van der Waals surface area (Å²) in [5.74, 6) is -2.11. The van der Waals surface area contributed by atoms with Gasteiger partial charge in [0.2, 0.25) is 0 Å². The number of carbonyl (C=O) groups is 2. The molecule has 2 amide bonds. The zero-order valence-corrected chi connectivity index (χ0v) is 25.8. The van der Waals surface area contributed by atoms with Crippen LogP contribution in [0.15, 0.2) is 60.7 Å². The molecule has 0 bridgehead atoms. The highest BCUT2D eigenvalue weighted by Crippen LogP contribution is 2.17. The average molecular weight is 595 g/mol. The fourth-order valence-corrected chi connectivity index (χ4v) is 5.04. The lowest BCUT2D eigenvalue weighted by atomic mass is 9.99. The van der Waals surface area contributed by atoms with Gasteiger partial charge >= 0.3 is 0 Å². The Kier molecular flexibility index (Phi) is 12.6. The summed E-state index contributed by atoms with van der Waals surface area (Å²) < 4.78 is 28.0. The van der Waals surface area contributed by atoms with Crippen LogP contribution in [0, 0.1) is 18.6 Å². The van der Waals surface area contributed by atoms with Crippen LogP contribution in [0.25, 0.3) is 0 Å². The predicted molar refractivity (Wildman–Crippen MR) is 167 cm³/mol. The molecular formula is C34H44F2N4O3. The van der Waals surface area contributed by atoms with Crippen LogP contribution in [0.2, 0.25) is 0 Å². The molecule has 0 aliphatic carbocycles. The van der Waals surface area contributed by atoms with Gasteiger partial charge in [-0.1, -0.05) is 26.0 Å². The molecule has 3 rings (SSSR count). The molecule has 0 unspecified atom stereocenters. The van der Waals surface area contributed by atoms with Crippen molar-refractivity contribution in [1.29, 1.82) is 0 Å². The van der Waals surface area contributed by atoms with Crippen LogP contribution < -0.4 is 15.5 Å². The molecule has 3 N–H and O–H groups in total. The first-order valence-corrected chi connectivity index (χ1v) is 14.8. The summed E-state index contributed by atoms with van der Waals surface area (Å²) in [6.07, 6.45) is 0.556. The van der Waals surface area contributed by atoms with E-state index in [0.29, 0.717) is 30.8 Å². The topological polar surface area (TPSA) is 84.9 Å². The van der Waals surface area contributed by atoms with Crippen LogP contribution in [0.4, 0.5) is 14.5 Å². The van der Waals surface area contributed by atoms with E-state index in [0.717, 1.165) is 35.7 Å². The number of amides is 2. The lowest BCUT2D eigenvalue weighted by Crippen LogP contribution is -2.48. The van der Waals surface area contributed by atoms with Gasteiger partial charge in [-0.2, -0.15) is 0 Å². The lowest BCUT2D eigenvalue weighted by Gasteiger charge is -2.25. The molecule has 0 fully saturated rings. The van der Waals surface area contributed by atoms with Gasteiger partial charge in [0.15, 0.2) is 0 Å². The zero-order valence-electron chi connectivity index (χ0n) is 25.8. The van der Waals surface area contributed by atoms with E-state index in [-0.39, 0.29) is 24.4 Å². The summed E-state index contributed by atoms with van der Waals surface area (Å²) in [6, 6.07) is 15.2. The zero-order chi connectivity index (χ0) is 31.5. The average Bonchev–Trinajstić information content (AvgIpc) is 2.95. The lowest BCUT2D eigenvalue weighted by molar-refractivity contribution is 0.0755. The first-order chi connectivity index (χ1) is 20.5. The van der Waals surface area contributed by atoms with Crippen LogP contribution in [-0.4, -0.2) is 67.7 Å². The summed E-state index contributed by atoms with van der Waals surface area (Å²) in [5.41, 5.74) is 3.79. The molecule has 0 aliphatic rings. The maximum atomic E-state index is 14.0. The number of halogens is 2. The normalized spacial score (nSPS) is 12.5. The minimum absolute atomic E-state index is 0.00222. The van der Waals surface area contributed by atoms with E-state index in [9.17, 15) is 23.5 Å². The summed E-state index contributed by atoms with van der Waals surface area (Å²) >= 11 is 0. The van der Waals surface area contributed by atoms with Crippen molar-refractivity contribution >= 4 is 17.5 Å². The summed E-state index contributed by atoms with van der Waals surface area (Å²) in [5, 5.41) is 17.3. The second kappa shape index (κ2) is 16.1. The number of nitrogens with one attached hydrogen (secondary N) is 2. The molecule has 0 radical (unpaired) electrons. The van der Waals surface area contributed by atoms with Crippen LogP contribution in [-0.2, 0) is 13.0 Å². The van der Waals surface area contributed by atoms with Crippen LogP contribution in [0.5, 0.6) is 0 Å². The number of nitrogens with zero attached hydrogens (tertiary/aromatic N) is 2. The first kappa shape index (κ1) is 33.7. The number of carbonyl (C=O) groups excluding carboxylic acids is 2. The number of anilines is 1. The van der Waals surface area contributed by atoms with Crippen molar-refractivity contribution in [3.05, 3.63) is 100 Å². The Balaban J connectivity index is 1.80. The van der Waals surface area contributed by atoms with E-state index < -0.39 is 29.7 Å². The number of aryl methyl sites for hydroxylation is 1. The monoisotopic (exact) mass is 594 g/mol. The number of hydrogen-bond acceptors (Lipinski definition) is 5. The molecule has 43 heavy (non-hydrogen) atoms. The van der Waals surface area contributed by atoms with Gasteiger partial charge in [-0.05, 0) is 85.3 Å². The van der Waals surface area contributed by atoms with Crippen molar-refractivity contribution in [2.45, 2.75) is 58.7 Å². The van der Waals surface area contributed by atoms with Crippen molar-refractivity contribution in [2.24, 2.45) is 0 Å². The highest BCUT2D eigenvalue weighted by Gasteiger charge is 2.24. The third-order valence-corrected chi connectivity index (χ3v) is 7.13. The molecular weight excluding hydrogens is 550 g/mol. The molecule has 0 saturated carbocycles. The number of hydrogen-bond donors (Lipinski definition) is 3. The number of benzene rings is 3. The Morgan fingerprint density at radius 3 is 2.16 bits per heavy atom. The summed E-state index contributed by atoms with van der Waals surface area (Å²) in [6.45, 7) is 7.67. The van der Waals surface area contributed by atoms with Crippen molar-refractivity contribution in [2.75, 3.05) is 38.6 Å². The maximum absolute atomic E-state index is 14.0. The Bertz CT molecular complexity index is 1360. The Morgan fingerprint density at radius 2 is 1.53 bits per heavy atom. The molecule has 0 spiro atoms. The van der Waals surface area contributed by atoms with Crippen LogP contribution >= 0.6 is 0 Å². The van der Waals surface area contributed by atoms with E-state index in [4.69, 9.17) is 0 Å². The van der Waals surface area contributed by atoms with Crippen molar-refractivity contribution in [3.63, 3.8) is 0 Å². The second-order valence-corrected chi connectivity index (χ2v) is 11.2. The quantitative estimate of drug-likeness (QED) is 0.228. The smallest absolute Gasteiger partial charge is 0.253 e. The Labute approximate surface area is 253 Å². The van der Waals surface area contributed by atoms with Crippen molar-refractivity contribution in [3.8, 4) is 0 Å². The summed E-state index contributed by atoms with van der Waals surface area (Å²) in [7, 11) is 3.91. The molecule has 9 heteroatoms. The molecule has 2 atom stereocenters. The van der Waals surface area contributed by atoms with Crippen molar-refractivity contribution in [1.82, 2.24) is 15.5 Å². The van der Waals surface area contributed by atoms with Crippen LogP contribution in [0.1, 0.15) is 64.1 Å². The van der Waals surface area contributed by atoms with Gasteiger partial charge in [0.1, 0.15) is 11.6 Å². The molecule has 0 aliphatic heterocycles. The van der Waals surface area contributed by atoms with Gasteiger partial charge in [-0.25, -0.2) is 8.78 Å². The minimum Gasteiger partial charge on any atom is -0.390 e. The standard InChI is InChI=1S/C34H44F2N4O3/c1-6-11-40(12-7-2)34(43)27-14-23(3)13-26(19-27)33(42)38-31(18-25-15-28(35)20-29(36)16-25)32(41)22-37-21-24-9-8-10-30(17-24)39(4)5/h8-10,13-17,19-20,31-32,37,41H,6-7,11-12,18,21-22H2,1-5H3,(H,38,42)/t31-,32+/m0/s1. The molecule has 0 aromatic heterocycles. The largest absolute Gasteiger partial charge is 0.390 e. The van der Waals surface area contributed by atoms with E-state index in [1.807, 2.05) is 64.0 Å².